The van der Waals surface area contributed by atoms with Gasteiger partial charge in [0.1, 0.15) is 34.1 Å². The molecule has 0 atom stereocenters. The standard InChI is InChI=1S/C44H70N6O6S2/c1-45-19-11-31(12-20-45)49(5,32-13-21-46(2)22-14-32)43(51)41-37(55-9)27-35(53-7)29-39(41)57-58-40-30-36(54-8)28-38(56-10)42(40)44(52)50(6,33-15-23-47(3)24-16-33)34-17-25-48(4)26-18-34/h27-34H,11-26H2,1-10H3/q+2. The monoisotopic (exact) mass is 842 g/mol. The molecule has 2 amide bonds. The van der Waals surface area contributed by atoms with Crippen LogP contribution in [0, 0.1) is 0 Å². The number of carbonyl (C=O) groups excluding carboxylic acids is 2. The maximum Gasteiger partial charge on any atom is 0.351 e. The van der Waals surface area contributed by atoms with Gasteiger partial charge in [-0.25, -0.2) is 9.59 Å². The van der Waals surface area contributed by atoms with Gasteiger partial charge in [0, 0.05) is 126 Å². The van der Waals surface area contributed by atoms with Crippen molar-refractivity contribution in [2.75, 3.05) is 123 Å². The van der Waals surface area contributed by atoms with Crippen LogP contribution < -0.4 is 18.9 Å². The molecular weight excluding hydrogens is 773 g/mol. The van der Waals surface area contributed by atoms with E-state index in [1.165, 1.54) is 21.6 Å². The van der Waals surface area contributed by atoms with E-state index in [1.54, 1.807) is 28.4 Å². The van der Waals surface area contributed by atoms with Crippen molar-refractivity contribution in [2.24, 2.45) is 0 Å². The van der Waals surface area contributed by atoms with E-state index in [-0.39, 0.29) is 36.0 Å². The second-order valence-corrected chi connectivity index (χ2v) is 19.8. The van der Waals surface area contributed by atoms with E-state index < -0.39 is 0 Å². The number of benzene rings is 2. The number of piperidine rings is 4. The molecule has 0 aliphatic carbocycles. The highest BCUT2D eigenvalue weighted by Gasteiger charge is 2.52. The van der Waals surface area contributed by atoms with Crippen molar-refractivity contribution in [1.82, 2.24) is 19.6 Å². The highest BCUT2D eigenvalue weighted by molar-refractivity contribution is 8.76. The molecule has 58 heavy (non-hydrogen) atoms. The summed E-state index contributed by atoms with van der Waals surface area (Å²) in [5.74, 6) is 2.40. The zero-order chi connectivity index (χ0) is 41.8. The third-order valence-corrected chi connectivity index (χ3v) is 16.7. The minimum Gasteiger partial charge on any atom is -0.497 e. The summed E-state index contributed by atoms with van der Waals surface area (Å²) >= 11 is 0. The Morgan fingerprint density at radius 2 is 0.741 bits per heavy atom. The molecule has 12 nitrogen and oxygen atoms in total. The third kappa shape index (κ3) is 9.19. The molecule has 4 fully saturated rings. The summed E-state index contributed by atoms with van der Waals surface area (Å²) < 4.78 is 24.5. The molecule has 6 rings (SSSR count). The van der Waals surface area contributed by atoms with Crippen LogP contribution in [0.4, 0.5) is 0 Å². The average molecular weight is 843 g/mol. The van der Waals surface area contributed by atoms with Crippen molar-refractivity contribution in [1.29, 1.82) is 0 Å². The van der Waals surface area contributed by atoms with E-state index in [1.807, 2.05) is 24.3 Å². The van der Waals surface area contributed by atoms with E-state index in [0.717, 1.165) is 114 Å². The fourth-order valence-corrected chi connectivity index (χ4v) is 12.6. The minimum atomic E-state index is 0.0833. The van der Waals surface area contributed by atoms with Crippen LogP contribution in [0.15, 0.2) is 34.1 Å². The maximum absolute atomic E-state index is 15.6. The Balaban J connectivity index is 1.43. The van der Waals surface area contributed by atoms with Crippen molar-refractivity contribution < 1.29 is 37.5 Å². The molecule has 0 radical (unpaired) electrons. The lowest BCUT2D eigenvalue weighted by Gasteiger charge is -2.49. The molecule has 4 saturated heterocycles. The summed E-state index contributed by atoms with van der Waals surface area (Å²) in [5.41, 5.74) is 1.14. The zero-order valence-electron chi connectivity index (χ0n) is 36.9. The van der Waals surface area contributed by atoms with E-state index in [2.05, 4.69) is 61.9 Å². The van der Waals surface area contributed by atoms with Crippen LogP contribution in [0.2, 0.25) is 0 Å². The highest BCUT2D eigenvalue weighted by Crippen LogP contribution is 2.49. The van der Waals surface area contributed by atoms with Gasteiger partial charge in [0.15, 0.2) is 0 Å². The summed E-state index contributed by atoms with van der Waals surface area (Å²) in [6.07, 6.45) is 7.68. The van der Waals surface area contributed by atoms with E-state index in [4.69, 9.17) is 18.9 Å². The number of carbonyl (C=O) groups is 2. The Bertz CT molecular complexity index is 1560. The van der Waals surface area contributed by atoms with Gasteiger partial charge in [0.05, 0.1) is 66.7 Å². The van der Waals surface area contributed by atoms with Gasteiger partial charge in [-0.1, -0.05) is 21.6 Å². The fourth-order valence-electron chi connectivity index (χ4n) is 10.2. The Morgan fingerprint density at radius 1 is 0.483 bits per heavy atom. The molecule has 322 valence electrons. The van der Waals surface area contributed by atoms with Crippen molar-refractivity contribution in [3.63, 3.8) is 0 Å². The molecule has 2 aromatic carbocycles. The van der Waals surface area contributed by atoms with Crippen LogP contribution in [0.1, 0.15) is 72.1 Å². The number of quaternary nitrogens is 2. The largest absolute Gasteiger partial charge is 0.497 e. The third-order valence-electron chi connectivity index (χ3n) is 14.3. The zero-order valence-corrected chi connectivity index (χ0v) is 38.5. The van der Waals surface area contributed by atoms with E-state index in [9.17, 15) is 0 Å². The van der Waals surface area contributed by atoms with Crippen molar-refractivity contribution in [3.05, 3.63) is 35.4 Å². The second-order valence-electron chi connectivity index (χ2n) is 17.6. The number of amides is 2. The summed E-state index contributed by atoms with van der Waals surface area (Å²) in [6, 6.07) is 8.35. The first-order valence-corrected chi connectivity index (χ1v) is 23.4. The summed E-state index contributed by atoms with van der Waals surface area (Å²) in [4.78, 5) is 42.3. The maximum atomic E-state index is 15.6. The van der Waals surface area contributed by atoms with Gasteiger partial charge in [-0.15, -0.1) is 0 Å². The molecule has 0 bridgehead atoms. The Hall–Kier alpha value is -2.56. The first kappa shape index (κ1) is 45.0. The van der Waals surface area contributed by atoms with Crippen molar-refractivity contribution in [3.8, 4) is 23.0 Å². The van der Waals surface area contributed by atoms with Gasteiger partial charge in [0.25, 0.3) is 0 Å². The van der Waals surface area contributed by atoms with E-state index >= 15 is 9.59 Å². The molecule has 0 saturated carbocycles. The molecule has 0 N–H and O–H groups in total. The van der Waals surface area contributed by atoms with Gasteiger partial charge < -0.3 is 38.5 Å². The molecule has 4 aliphatic rings. The highest BCUT2D eigenvalue weighted by atomic mass is 33.1. The van der Waals surface area contributed by atoms with Crippen LogP contribution in [0.25, 0.3) is 0 Å². The van der Waals surface area contributed by atoms with Crippen LogP contribution in [-0.2, 0) is 0 Å². The lowest BCUT2D eigenvalue weighted by molar-refractivity contribution is -0.883. The number of hydrogen-bond donors (Lipinski definition) is 0. The lowest BCUT2D eigenvalue weighted by atomic mass is 9.91. The van der Waals surface area contributed by atoms with Gasteiger partial charge >= 0.3 is 11.8 Å². The molecular formula is C44H70N6O6S2+2. The summed E-state index contributed by atoms with van der Waals surface area (Å²) in [6.45, 7) is 7.75. The minimum absolute atomic E-state index is 0.0833. The van der Waals surface area contributed by atoms with Crippen LogP contribution in [0.3, 0.4) is 0 Å². The number of ether oxygens (including phenoxy) is 4. The predicted octanol–water partition coefficient (Wildman–Crippen LogP) is 6.07. The first-order valence-electron chi connectivity index (χ1n) is 21.2. The predicted molar refractivity (Wildman–Crippen MR) is 234 cm³/mol. The quantitative estimate of drug-likeness (QED) is 0.174. The molecule has 14 heteroatoms. The molecule has 4 aliphatic heterocycles. The lowest BCUT2D eigenvalue weighted by Crippen LogP contribution is -2.66. The van der Waals surface area contributed by atoms with Gasteiger partial charge in [-0.05, 0) is 40.3 Å². The number of nitrogens with zero attached hydrogens (tertiary/aromatic N) is 6. The van der Waals surface area contributed by atoms with E-state index in [0.29, 0.717) is 43.1 Å². The van der Waals surface area contributed by atoms with Crippen LogP contribution in [-0.4, -0.2) is 188 Å². The van der Waals surface area contributed by atoms with Crippen LogP contribution >= 0.6 is 21.6 Å². The summed E-state index contributed by atoms with van der Waals surface area (Å²) in [7, 11) is 22.6. The fraction of sp³-hybridized carbons (Fsp3) is 0.682. The molecule has 0 aromatic heterocycles. The first-order chi connectivity index (χ1) is 27.8. The normalized spacial score (nSPS) is 20.9. The SMILES string of the molecule is COc1cc(OC)c(C(=O)[N+](C)(C2CCN(C)CC2)C2CCN(C)CC2)c(SSc2cc(OC)cc(OC)c2C(=O)[N+](C)(C2CCN(C)CC2)C2CCN(C)CC2)c1. The topological polar surface area (TPSA) is 84.0 Å². The van der Waals surface area contributed by atoms with Crippen LogP contribution in [0.5, 0.6) is 23.0 Å². The Morgan fingerprint density at radius 3 is 0.966 bits per heavy atom. The smallest absolute Gasteiger partial charge is 0.351 e. The number of methoxy groups -OCH3 is 4. The number of rotatable bonds is 13. The van der Waals surface area contributed by atoms with Gasteiger partial charge in [0.2, 0.25) is 0 Å². The van der Waals surface area contributed by atoms with Gasteiger partial charge in [-0.2, -0.15) is 0 Å². The average Bonchev–Trinajstić information content (AvgIpc) is 3.24. The number of hydrogen-bond acceptors (Lipinski definition) is 12. The Kier molecular flexibility index (Phi) is 15.1. The number of likely N-dealkylation sites (tertiary alicyclic amines) is 4. The van der Waals surface area contributed by atoms with Gasteiger partial charge in [-0.3, -0.25) is 8.97 Å². The summed E-state index contributed by atoms with van der Waals surface area (Å²) in [5, 5.41) is 0. The van der Waals surface area contributed by atoms with Crippen molar-refractivity contribution >= 4 is 33.4 Å². The second kappa shape index (κ2) is 19.4. The Labute approximate surface area is 356 Å². The molecule has 0 unspecified atom stereocenters. The van der Waals surface area contributed by atoms with Crippen molar-refractivity contribution in [2.45, 2.75) is 85.3 Å². The molecule has 2 aromatic rings. The molecule has 0 spiro atoms. The molecule has 4 heterocycles.